The van der Waals surface area contributed by atoms with Gasteiger partial charge in [-0.3, -0.25) is 24.0 Å². The van der Waals surface area contributed by atoms with Crippen LogP contribution in [0.4, 0.5) is 0 Å². The van der Waals surface area contributed by atoms with Gasteiger partial charge in [0.2, 0.25) is 23.6 Å². The van der Waals surface area contributed by atoms with Crippen LogP contribution >= 0.6 is 0 Å². The topological polar surface area (TPSA) is 179 Å². The van der Waals surface area contributed by atoms with E-state index in [9.17, 15) is 29.1 Å². The number of carbonyl (C=O) groups excluding carboxylic acids is 4. The van der Waals surface area contributed by atoms with Gasteiger partial charge in [-0.2, -0.15) is 0 Å². The minimum absolute atomic E-state index is 0.233. The zero-order valence-electron chi connectivity index (χ0n) is 26.0. The number of carboxylic acid groups (broad SMARTS) is 1. The summed E-state index contributed by atoms with van der Waals surface area (Å²) in [5.41, 5.74) is 2.72. The van der Waals surface area contributed by atoms with Crippen LogP contribution in [0.1, 0.15) is 50.7 Å². The Morgan fingerprint density at radius 3 is 2.11 bits per heavy atom. The van der Waals surface area contributed by atoms with Crippen molar-refractivity contribution in [1.29, 1.82) is 0 Å². The number of methoxy groups -OCH3 is 1. The van der Waals surface area contributed by atoms with Gasteiger partial charge in [0.15, 0.2) is 0 Å². The van der Waals surface area contributed by atoms with Gasteiger partial charge in [-0.1, -0.05) is 44.2 Å². The smallest absolute Gasteiger partial charge is 0.305 e. The van der Waals surface area contributed by atoms with Gasteiger partial charge in [-0.25, -0.2) is 0 Å². The standard InChI is InChI=1S/C33H43N5O7/c1-21(2)14-16-34-32(43)27(18-23-20-36-26-7-5-4-6-25(23)26)37-29(39)12-13-30(40)38-28(19-31(41)42)33(44)35-17-15-22-8-10-24(45-3)11-9-22/h4-11,20-21,27-28,36H,12-19H2,1-3H3,(H,34,43)(H,35,44)(H,37,39)(H,38,40)(H,41,42)/t27-,28+/m0/s1. The molecule has 242 valence electrons. The highest BCUT2D eigenvalue weighted by atomic mass is 16.5. The molecule has 0 aliphatic carbocycles. The van der Waals surface area contributed by atoms with Gasteiger partial charge in [-0.05, 0) is 48.1 Å². The molecule has 6 N–H and O–H groups in total. The highest BCUT2D eigenvalue weighted by Gasteiger charge is 2.25. The molecule has 0 bridgehead atoms. The minimum Gasteiger partial charge on any atom is -0.497 e. The molecule has 3 rings (SSSR count). The van der Waals surface area contributed by atoms with Crippen molar-refractivity contribution in [1.82, 2.24) is 26.3 Å². The SMILES string of the molecule is COc1ccc(CCNC(=O)[C@@H](CC(=O)O)NC(=O)CCC(=O)N[C@@H](Cc2c[nH]c3ccccc23)C(=O)NCCC(C)C)cc1. The summed E-state index contributed by atoms with van der Waals surface area (Å²) < 4.78 is 5.13. The van der Waals surface area contributed by atoms with Crippen LogP contribution in [-0.4, -0.2) is 72.0 Å². The molecule has 0 saturated carbocycles. The maximum absolute atomic E-state index is 13.1. The number of hydrogen-bond acceptors (Lipinski definition) is 6. The summed E-state index contributed by atoms with van der Waals surface area (Å²) >= 11 is 0. The lowest BCUT2D eigenvalue weighted by atomic mass is 10.0. The maximum Gasteiger partial charge on any atom is 0.305 e. The molecule has 2 aromatic carbocycles. The van der Waals surface area contributed by atoms with Gasteiger partial charge in [0.25, 0.3) is 0 Å². The Balaban J connectivity index is 1.54. The normalized spacial score (nSPS) is 12.3. The number of hydrogen-bond donors (Lipinski definition) is 6. The van der Waals surface area contributed by atoms with Gasteiger partial charge in [0.1, 0.15) is 17.8 Å². The zero-order chi connectivity index (χ0) is 32.8. The number of nitrogens with one attached hydrogen (secondary N) is 5. The van der Waals surface area contributed by atoms with E-state index < -0.39 is 42.2 Å². The molecule has 2 atom stereocenters. The molecule has 0 unspecified atom stereocenters. The third-order valence-electron chi connectivity index (χ3n) is 7.25. The van der Waals surface area contributed by atoms with Crippen molar-refractivity contribution < 1.29 is 33.8 Å². The number of para-hydroxylation sites is 1. The first kappa shape index (κ1) is 34.6. The molecule has 12 heteroatoms. The largest absolute Gasteiger partial charge is 0.497 e. The second kappa shape index (κ2) is 17.4. The first-order valence-corrected chi connectivity index (χ1v) is 15.1. The Kier molecular flexibility index (Phi) is 13.4. The summed E-state index contributed by atoms with van der Waals surface area (Å²) in [5, 5.41) is 20.9. The van der Waals surface area contributed by atoms with E-state index in [1.54, 1.807) is 19.2 Å². The lowest BCUT2D eigenvalue weighted by Gasteiger charge is -2.19. The van der Waals surface area contributed by atoms with Crippen LogP contribution in [0.2, 0.25) is 0 Å². The highest BCUT2D eigenvalue weighted by molar-refractivity contribution is 5.93. The van der Waals surface area contributed by atoms with Crippen LogP contribution in [0.25, 0.3) is 10.9 Å². The molecular formula is C33H43N5O7. The van der Waals surface area contributed by atoms with Crippen molar-refractivity contribution in [3.05, 3.63) is 65.9 Å². The van der Waals surface area contributed by atoms with Crippen molar-refractivity contribution in [2.45, 2.75) is 64.5 Å². The van der Waals surface area contributed by atoms with Crippen LogP contribution in [0.3, 0.4) is 0 Å². The fourth-order valence-electron chi connectivity index (χ4n) is 4.73. The summed E-state index contributed by atoms with van der Waals surface area (Å²) in [6, 6.07) is 12.8. The van der Waals surface area contributed by atoms with E-state index in [1.807, 2.05) is 42.6 Å². The molecule has 0 aliphatic rings. The number of rotatable bonds is 18. The van der Waals surface area contributed by atoms with E-state index in [4.69, 9.17) is 4.74 Å². The molecule has 0 fully saturated rings. The number of fused-ring (bicyclic) bond motifs is 1. The van der Waals surface area contributed by atoms with E-state index in [0.29, 0.717) is 24.6 Å². The Morgan fingerprint density at radius 1 is 0.844 bits per heavy atom. The number of aromatic amines is 1. The number of benzene rings is 2. The molecule has 3 aromatic rings. The van der Waals surface area contributed by atoms with Crippen LogP contribution in [0.5, 0.6) is 5.75 Å². The van der Waals surface area contributed by atoms with Crippen molar-refractivity contribution in [2.75, 3.05) is 20.2 Å². The van der Waals surface area contributed by atoms with Crippen molar-refractivity contribution in [3.63, 3.8) is 0 Å². The van der Waals surface area contributed by atoms with Crippen LogP contribution in [0.15, 0.2) is 54.7 Å². The number of amides is 4. The van der Waals surface area contributed by atoms with E-state index in [-0.39, 0.29) is 31.7 Å². The Bertz CT molecular complexity index is 1450. The van der Waals surface area contributed by atoms with Gasteiger partial charge in [0.05, 0.1) is 13.5 Å². The fourth-order valence-corrected chi connectivity index (χ4v) is 4.73. The van der Waals surface area contributed by atoms with E-state index in [1.165, 1.54) is 0 Å². The lowest BCUT2D eigenvalue weighted by molar-refractivity contribution is -0.140. The number of aliphatic carboxylic acids is 1. The Labute approximate surface area is 262 Å². The summed E-state index contributed by atoms with van der Waals surface area (Å²) in [5.74, 6) is -2.30. The second-order valence-electron chi connectivity index (χ2n) is 11.3. The van der Waals surface area contributed by atoms with E-state index in [0.717, 1.165) is 28.5 Å². The van der Waals surface area contributed by atoms with Crippen LogP contribution < -0.4 is 26.0 Å². The predicted octanol–water partition coefficient (Wildman–Crippen LogP) is 2.46. The molecule has 1 aromatic heterocycles. The van der Waals surface area contributed by atoms with Gasteiger partial charge >= 0.3 is 5.97 Å². The first-order valence-electron chi connectivity index (χ1n) is 15.1. The number of H-pyrrole nitrogens is 1. The van der Waals surface area contributed by atoms with Crippen molar-refractivity contribution in [3.8, 4) is 5.75 Å². The van der Waals surface area contributed by atoms with Gasteiger partial charge in [-0.15, -0.1) is 0 Å². The quantitative estimate of drug-likeness (QED) is 0.126. The molecule has 0 aliphatic heterocycles. The number of ether oxygens (including phenoxy) is 1. The maximum atomic E-state index is 13.1. The van der Waals surface area contributed by atoms with Gasteiger partial charge in [0, 0.05) is 49.5 Å². The van der Waals surface area contributed by atoms with Crippen molar-refractivity contribution in [2.24, 2.45) is 5.92 Å². The summed E-state index contributed by atoms with van der Waals surface area (Å²) in [6.07, 6.45) is 2.16. The molecule has 0 spiro atoms. The van der Waals surface area contributed by atoms with Crippen LogP contribution in [-0.2, 0) is 36.8 Å². The summed E-state index contributed by atoms with van der Waals surface area (Å²) in [6.45, 7) is 4.80. The number of aromatic nitrogens is 1. The average molecular weight is 622 g/mol. The molecule has 0 saturated heterocycles. The molecule has 4 amide bonds. The fraction of sp³-hybridized carbons (Fsp3) is 0.424. The average Bonchev–Trinajstić information content (AvgIpc) is 3.42. The summed E-state index contributed by atoms with van der Waals surface area (Å²) in [7, 11) is 1.57. The molecular weight excluding hydrogens is 578 g/mol. The number of carboxylic acids is 1. The third-order valence-corrected chi connectivity index (χ3v) is 7.25. The monoisotopic (exact) mass is 621 g/mol. The number of carbonyl (C=O) groups is 5. The van der Waals surface area contributed by atoms with Crippen molar-refractivity contribution >= 4 is 40.5 Å². The molecule has 1 heterocycles. The van der Waals surface area contributed by atoms with E-state index in [2.05, 4.69) is 40.1 Å². The third kappa shape index (κ3) is 11.6. The second-order valence-corrected chi connectivity index (χ2v) is 11.3. The van der Waals surface area contributed by atoms with E-state index >= 15 is 0 Å². The van der Waals surface area contributed by atoms with Crippen LogP contribution in [0, 0.1) is 5.92 Å². The molecule has 0 radical (unpaired) electrons. The van der Waals surface area contributed by atoms with Gasteiger partial charge < -0.3 is 36.1 Å². The zero-order valence-corrected chi connectivity index (χ0v) is 26.0. The Hall–Kier alpha value is -4.87. The predicted molar refractivity (Wildman–Crippen MR) is 170 cm³/mol. The molecule has 45 heavy (non-hydrogen) atoms. The minimum atomic E-state index is -1.31. The first-order chi connectivity index (χ1) is 21.5. The Morgan fingerprint density at radius 2 is 1.47 bits per heavy atom. The lowest BCUT2D eigenvalue weighted by Crippen LogP contribution is -2.49. The summed E-state index contributed by atoms with van der Waals surface area (Å²) in [4.78, 5) is 65.9. The molecule has 12 nitrogen and oxygen atoms in total. The highest BCUT2D eigenvalue weighted by Crippen LogP contribution is 2.19.